The molecular formula is C32H45FN2O4. The van der Waals surface area contributed by atoms with Crippen LogP contribution in [0.4, 0.5) is 15.8 Å². The van der Waals surface area contributed by atoms with Crippen LogP contribution in [0.5, 0.6) is 5.75 Å². The van der Waals surface area contributed by atoms with E-state index in [0.29, 0.717) is 26.4 Å². The maximum absolute atomic E-state index is 14.2. The zero-order chi connectivity index (χ0) is 28.5. The number of aliphatic hydroxyl groups is 1. The molecule has 3 aromatic rings. The Morgan fingerprint density at radius 2 is 1.67 bits per heavy atom. The Labute approximate surface area is 234 Å². The molecule has 7 heteroatoms. The van der Waals surface area contributed by atoms with Gasteiger partial charge in [-0.25, -0.2) is 4.39 Å². The van der Waals surface area contributed by atoms with E-state index < -0.39 is 0 Å². The third-order valence-corrected chi connectivity index (χ3v) is 6.42. The lowest BCUT2D eigenvalue weighted by Crippen LogP contribution is -2.33. The summed E-state index contributed by atoms with van der Waals surface area (Å²) in [7, 11) is 2.66. The van der Waals surface area contributed by atoms with Crippen molar-refractivity contribution in [2.45, 2.75) is 25.7 Å². The molecule has 0 amide bonds. The summed E-state index contributed by atoms with van der Waals surface area (Å²) in [5.74, 6) is 1.05. The number of nitrogens with two attached hydrogens (primary N) is 1. The van der Waals surface area contributed by atoms with Gasteiger partial charge in [-0.1, -0.05) is 54.6 Å². The topological polar surface area (TPSA) is 77.2 Å². The van der Waals surface area contributed by atoms with Crippen LogP contribution in [0, 0.1) is 12.7 Å². The van der Waals surface area contributed by atoms with Crippen molar-refractivity contribution in [3.8, 4) is 5.75 Å². The van der Waals surface area contributed by atoms with Gasteiger partial charge in [0.15, 0.2) is 0 Å². The Hall–Kier alpha value is -3.39. The van der Waals surface area contributed by atoms with E-state index in [9.17, 15) is 4.39 Å². The number of nitrogen functional groups attached to an aromatic ring is 1. The zero-order valence-corrected chi connectivity index (χ0v) is 23.4. The summed E-state index contributed by atoms with van der Waals surface area (Å²) in [6.07, 6.45) is 3.56. The van der Waals surface area contributed by atoms with E-state index in [1.165, 1.54) is 5.56 Å². The summed E-state index contributed by atoms with van der Waals surface area (Å²) in [4.78, 5) is 2.29. The summed E-state index contributed by atoms with van der Waals surface area (Å²) in [5, 5.41) is 7.00. The van der Waals surface area contributed by atoms with Gasteiger partial charge in [-0.15, -0.1) is 0 Å². The zero-order valence-electron chi connectivity index (χ0n) is 23.4. The Morgan fingerprint density at radius 1 is 1.00 bits per heavy atom. The number of rotatable bonds is 10. The fourth-order valence-corrected chi connectivity index (χ4v) is 4.31. The monoisotopic (exact) mass is 540 g/mol. The smallest absolute Gasteiger partial charge is 0.127 e. The van der Waals surface area contributed by atoms with Crippen molar-refractivity contribution in [3.63, 3.8) is 0 Å². The average molecular weight is 541 g/mol. The minimum Gasteiger partial charge on any atom is -0.491 e. The Kier molecular flexibility index (Phi) is 14.7. The summed E-state index contributed by atoms with van der Waals surface area (Å²) in [5.41, 5.74) is 10.8. The van der Waals surface area contributed by atoms with Crippen molar-refractivity contribution < 1.29 is 25.1 Å². The van der Waals surface area contributed by atoms with E-state index in [1.54, 1.807) is 19.3 Å². The van der Waals surface area contributed by atoms with Crippen molar-refractivity contribution in [1.82, 2.24) is 0 Å². The van der Waals surface area contributed by atoms with E-state index >= 15 is 0 Å². The highest BCUT2D eigenvalue weighted by molar-refractivity contribution is 5.67. The number of methoxy groups -OCH3 is 1. The summed E-state index contributed by atoms with van der Waals surface area (Å²) in [6, 6.07) is 21.3. The van der Waals surface area contributed by atoms with Crippen LogP contribution in [0.2, 0.25) is 0 Å². The number of hydrogen-bond acceptors (Lipinski definition) is 6. The van der Waals surface area contributed by atoms with Gasteiger partial charge in [0.1, 0.15) is 18.2 Å². The molecule has 4 rings (SSSR count). The van der Waals surface area contributed by atoms with Gasteiger partial charge >= 0.3 is 0 Å². The molecular weight excluding hydrogens is 495 g/mol. The van der Waals surface area contributed by atoms with Crippen LogP contribution in [-0.4, -0.2) is 58.8 Å². The highest BCUT2D eigenvalue weighted by atomic mass is 19.1. The molecule has 0 aliphatic carbocycles. The Morgan fingerprint density at radius 3 is 2.28 bits per heavy atom. The van der Waals surface area contributed by atoms with Crippen LogP contribution in [0.3, 0.4) is 0 Å². The molecule has 1 heterocycles. The van der Waals surface area contributed by atoms with E-state index in [-0.39, 0.29) is 13.2 Å². The summed E-state index contributed by atoms with van der Waals surface area (Å²) < 4.78 is 29.8. The number of nitrogens with zero attached hydrogens (tertiary/aromatic N) is 1. The van der Waals surface area contributed by atoms with E-state index in [0.717, 1.165) is 61.3 Å². The molecule has 0 spiro atoms. The summed E-state index contributed by atoms with van der Waals surface area (Å²) >= 11 is 0. The second-order valence-corrected chi connectivity index (χ2v) is 9.07. The van der Waals surface area contributed by atoms with Gasteiger partial charge in [-0.2, -0.15) is 0 Å². The van der Waals surface area contributed by atoms with Crippen molar-refractivity contribution in [2.75, 3.05) is 64.4 Å². The predicted octanol–water partition coefficient (Wildman–Crippen LogP) is 6.33. The fourth-order valence-electron chi connectivity index (χ4n) is 4.31. The van der Waals surface area contributed by atoms with Crippen LogP contribution in [0.1, 0.15) is 36.9 Å². The molecule has 39 heavy (non-hydrogen) atoms. The van der Waals surface area contributed by atoms with Gasteiger partial charge in [0.25, 0.3) is 0 Å². The molecule has 1 saturated heterocycles. The first-order chi connectivity index (χ1) is 19.0. The predicted molar refractivity (Wildman–Crippen MR) is 161 cm³/mol. The number of hydrogen-bond donors (Lipinski definition) is 2. The highest BCUT2D eigenvalue weighted by Gasteiger charge is 2.23. The fraction of sp³-hybridized carbons (Fsp3) is 0.375. The molecule has 0 radical (unpaired) electrons. The first-order valence-electron chi connectivity index (χ1n) is 13.2. The molecule has 0 saturated carbocycles. The van der Waals surface area contributed by atoms with E-state index in [4.69, 9.17) is 25.1 Å². The highest BCUT2D eigenvalue weighted by Crippen LogP contribution is 2.34. The van der Waals surface area contributed by atoms with Crippen LogP contribution in [0.25, 0.3) is 6.08 Å². The lowest BCUT2D eigenvalue weighted by Gasteiger charge is -2.34. The third-order valence-electron chi connectivity index (χ3n) is 6.42. The largest absolute Gasteiger partial charge is 0.491 e. The van der Waals surface area contributed by atoms with Crippen LogP contribution < -0.4 is 15.4 Å². The average Bonchev–Trinajstić information content (AvgIpc) is 2.97. The van der Waals surface area contributed by atoms with Crippen molar-refractivity contribution in [1.29, 1.82) is 0 Å². The van der Waals surface area contributed by atoms with Gasteiger partial charge in [-0.3, -0.25) is 0 Å². The first kappa shape index (κ1) is 31.8. The van der Waals surface area contributed by atoms with Crippen molar-refractivity contribution in [3.05, 3.63) is 95.8 Å². The van der Waals surface area contributed by atoms with Gasteiger partial charge in [-0.05, 0) is 67.1 Å². The standard InChI is InChI=1S/C19H21FN2.C12H18O3.CH4O.H2/c1-2-14-7-8-16(17(20)13-14)15-9-11-22(12-10-15)19-6-4-3-5-18(19)21;1-11-3-5-12(6-4-11)15-10-9-14-8-7-13-2;1-2;/h2-8,13,15H,1,9-12,21H2;3-6H,7-10H2,1-2H3;2H,1H3;1H. The van der Waals surface area contributed by atoms with Crippen LogP contribution in [0.15, 0.2) is 73.3 Å². The molecule has 1 aliphatic heterocycles. The second kappa shape index (κ2) is 18.0. The quantitative estimate of drug-likeness (QED) is 0.231. The molecule has 3 aromatic carbocycles. The lowest BCUT2D eigenvalue weighted by molar-refractivity contribution is 0.0544. The van der Waals surface area contributed by atoms with Gasteiger partial charge in [0.2, 0.25) is 0 Å². The first-order valence-corrected chi connectivity index (χ1v) is 13.2. The number of aryl methyl sites for hydroxylation is 1. The number of benzene rings is 3. The maximum Gasteiger partial charge on any atom is 0.127 e. The van der Waals surface area contributed by atoms with Crippen molar-refractivity contribution in [2.24, 2.45) is 0 Å². The van der Waals surface area contributed by atoms with Gasteiger partial charge < -0.3 is 30.0 Å². The minimum atomic E-state index is -0.116. The van der Waals surface area contributed by atoms with E-state index in [1.807, 2.05) is 54.6 Å². The van der Waals surface area contributed by atoms with Gasteiger partial charge in [0.05, 0.1) is 31.2 Å². The Balaban J connectivity index is 0.000000392. The normalized spacial score (nSPS) is 13.0. The molecule has 1 fully saturated rings. The number of halogens is 1. The van der Waals surface area contributed by atoms with E-state index in [2.05, 4.69) is 24.5 Å². The number of piperidine rings is 1. The number of ether oxygens (including phenoxy) is 3. The molecule has 0 atom stereocenters. The Bertz CT molecular complexity index is 1110. The van der Waals surface area contributed by atoms with Crippen LogP contribution in [-0.2, 0) is 9.47 Å². The molecule has 214 valence electrons. The molecule has 0 bridgehead atoms. The molecule has 3 N–H and O–H groups in total. The van der Waals surface area contributed by atoms with Crippen molar-refractivity contribution >= 4 is 17.5 Å². The number of aliphatic hydroxyl groups excluding tert-OH is 1. The second-order valence-electron chi connectivity index (χ2n) is 9.07. The van der Waals surface area contributed by atoms with Crippen LogP contribution >= 0.6 is 0 Å². The molecule has 1 aliphatic rings. The molecule has 0 aromatic heterocycles. The van der Waals surface area contributed by atoms with Gasteiger partial charge in [0, 0.05) is 28.7 Å². The number of anilines is 2. The minimum absolute atomic E-state index is 0. The molecule has 0 unspecified atom stereocenters. The summed E-state index contributed by atoms with van der Waals surface area (Å²) in [6.45, 7) is 9.96. The maximum atomic E-state index is 14.2. The molecule has 6 nitrogen and oxygen atoms in total. The lowest BCUT2D eigenvalue weighted by atomic mass is 9.88. The third kappa shape index (κ3) is 10.7. The SMILES string of the molecule is C=Cc1ccc(C2CCN(c3ccccc3N)CC2)c(F)c1.CO.COCCOCCOc1ccc(C)cc1.[HH]. The number of para-hydroxylation sites is 2.